The summed E-state index contributed by atoms with van der Waals surface area (Å²) in [6, 6.07) is 42.7. The van der Waals surface area contributed by atoms with Crippen molar-refractivity contribution < 1.29 is 33.2 Å². The van der Waals surface area contributed by atoms with Crippen molar-refractivity contribution in [2.24, 2.45) is 0 Å². The highest BCUT2D eigenvalue weighted by atomic mass is 16.5. The largest absolute Gasteiger partial charge is 0.497 e. The Hall–Kier alpha value is -6.08. The minimum Gasteiger partial charge on any atom is -0.497 e. The molecule has 0 N–H and O–H groups in total. The molecule has 0 saturated carbocycles. The summed E-state index contributed by atoms with van der Waals surface area (Å²) < 4.78 is 41.1. The molecule has 0 atom stereocenters. The van der Waals surface area contributed by atoms with Crippen LogP contribution in [0.3, 0.4) is 0 Å². The summed E-state index contributed by atoms with van der Waals surface area (Å²) in [5, 5.41) is 0. The topological polar surface area (TPSA) is 64.6 Å². The molecular formula is C47H48O7. The van der Waals surface area contributed by atoms with E-state index >= 15 is 0 Å². The van der Waals surface area contributed by atoms with E-state index in [9.17, 15) is 0 Å². The number of hydrogen-bond donors (Lipinski definition) is 0. The summed E-state index contributed by atoms with van der Waals surface area (Å²) >= 11 is 0. The third-order valence-corrected chi connectivity index (χ3v) is 9.36. The summed E-state index contributed by atoms with van der Waals surface area (Å²) in [6.45, 7) is 0. The average Bonchev–Trinajstić information content (AvgIpc) is 3.21. The zero-order chi connectivity index (χ0) is 37.7. The molecule has 6 aromatic carbocycles. The molecule has 278 valence electrons. The molecule has 0 amide bonds. The maximum Gasteiger partial charge on any atom is 0.169 e. The zero-order valence-electron chi connectivity index (χ0n) is 31.7. The molecule has 0 aliphatic carbocycles. The van der Waals surface area contributed by atoms with Crippen molar-refractivity contribution in [3.8, 4) is 51.7 Å². The molecule has 7 nitrogen and oxygen atoms in total. The molecule has 0 fully saturated rings. The van der Waals surface area contributed by atoms with Crippen LogP contribution in [0.25, 0.3) is 0 Å². The maximum absolute atomic E-state index is 6.64. The molecule has 6 rings (SSSR count). The van der Waals surface area contributed by atoms with Gasteiger partial charge in [0.2, 0.25) is 0 Å². The van der Waals surface area contributed by atoms with Gasteiger partial charge in [-0.2, -0.15) is 0 Å². The Balaban J connectivity index is 1.27. The monoisotopic (exact) mass is 724 g/mol. The number of benzene rings is 6. The first kappa shape index (κ1) is 37.7. The molecule has 0 spiro atoms. The summed E-state index contributed by atoms with van der Waals surface area (Å²) in [5.74, 6) is 6.40. The quantitative estimate of drug-likeness (QED) is 0.0874. The Bertz CT molecular complexity index is 2020. The van der Waals surface area contributed by atoms with Gasteiger partial charge in [-0.15, -0.1) is 0 Å². The van der Waals surface area contributed by atoms with E-state index in [-0.39, 0.29) is 0 Å². The number of ether oxygens (including phenoxy) is 7. The second kappa shape index (κ2) is 18.6. The third kappa shape index (κ3) is 10.3. The van der Waals surface area contributed by atoms with E-state index in [1.165, 1.54) is 16.7 Å². The SMILES string of the molecule is COc1cccc(CCc2cc(Oc3cc(CCc4cccc(OC)c4)ccc3OC)cc(Oc3cc(CCc4cccc(OC)c4)ccc3OC)c2)c1. The highest BCUT2D eigenvalue weighted by Crippen LogP contribution is 2.38. The molecule has 7 heteroatoms. The number of hydrogen-bond acceptors (Lipinski definition) is 7. The normalized spacial score (nSPS) is 10.8. The van der Waals surface area contributed by atoms with Gasteiger partial charge in [0, 0.05) is 6.07 Å². The van der Waals surface area contributed by atoms with Crippen molar-refractivity contribution in [2.45, 2.75) is 38.5 Å². The van der Waals surface area contributed by atoms with Crippen molar-refractivity contribution >= 4 is 0 Å². The van der Waals surface area contributed by atoms with Gasteiger partial charge in [-0.3, -0.25) is 0 Å². The molecule has 0 aliphatic rings. The Morgan fingerprint density at radius 1 is 0.278 bits per heavy atom. The van der Waals surface area contributed by atoms with Crippen LogP contribution in [0.15, 0.2) is 127 Å². The van der Waals surface area contributed by atoms with Crippen molar-refractivity contribution in [3.05, 3.63) is 161 Å². The molecular weight excluding hydrogens is 677 g/mol. The van der Waals surface area contributed by atoms with Crippen LogP contribution in [-0.2, 0) is 38.5 Å². The van der Waals surface area contributed by atoms with Crippen LogP contribution in [0.5, 0.6) is 51.7 Å². The van der Waals surface area contributed by atoms with Crippen LogP contribution < -0.4 is 33.2 Å². The van der Waals surface area contributed by atoms with E-state index < -0.39 is 0 Å². The van der Waals surface area contributed by atoms with E-state index in [2.05, 4.69) is 72.8 Å². The lowest BCUT2D eigenvalue weighted by Crippen LogP contribution is -1.98. The Labute approximate surface area is 319 Å². The highest BCUT2D eigenvalue weighted by molar-refractivity contribution is 5.51. The highest BCUT2D eigenvalue weighted by Gasteiger charge is 2.14. The second-order valence-corrected chi connectivity index (χ2v) is 13.0. The summed E-state index contributed by atoms with van der Waals surface area (Å²) in [5.41, 5.74) is 6.92. The lowest BCUT2D eigenvalue weighted by atomic mass is 10.0. The summed E-state index contributed by atoms with van der Waals surface area (Å²) in [4.78, 5) is 0. The maximum atomic E-state index is 6.64. The number of rotatable bonds is 18. The van der Waals surface area contributed by atoms with Crippen LogP contribution in [0, 0.1) is 0 Å². The first-order valence-electron chi connectivity index (χ1n) is 18.2. The van der Waals surface area contributed by atoms with Gasteiger partial charge >= 0.3 is 0 Å². The van der Waals surface area contributed by atoms with E-state index in [1.807, 2.05) is 54.6 Å². The van der Waals surface area contributed by atoms with Crippen LogP contribution in [-0.4, -0.2) is 35.5 Å². The number of methoxy groups -OCH3 is 5. The van der Waals surface area contributed by atoms with Crippen molar-refractivity contribution in [2.75, 3.05) is 35.5 Å². The Morgan fingerprint density at radius 3 is 0.963 bits per heavy atom. The molecule has 0 radical (unpaired) electrons. The molecule has 0 heterocycles. The summed E-state index contributed by atoms with van der Waals surface area (Å²) in [6.07, 6.45) is 4.96. The Kier molecular flexibility index (Phi) is 13.0. The molecule has 54 heavy (non-hydrogen) atoms. The van der Waals surface area contributed by atoms with Crippen LogP contribution in [0.4, 0.5) is 0 Å². The lowest BCUT2D eigenvalue weighted by molar-refractivity contribution is 0.372. The zero-order valence-corrected chi connectivity index (χ0v) is 31.7. The van der Waals surface area contributed by atoms with Gasteiger partial charge in [-0.05, 0) is 145 Å². The fourth-order valence-electron chi connectivity index (χ4n) is 6.41. The average molecular weight is 725 g/mol. The smallest absolute Gasteiger partial charge is 0.169 e. The minimum absolute atomic E-state index is 0.633. The Morgan fingerprint density at radius 2 is 0.611 bits per heavy atom. The first-order valence-corrected chi connectivity index (χ1v) is 18.2. The minimum atomic E-state index is 0.633. The van der Waals surface area contributed by atoms with E-state index in [1.54, 1.807) is 35.5 Å². The molecule has 0 saturated heterocycles. The summed E-state index contributed by atoms with van der Waals surface area (Å²) in [7, 11) is 8.38. The third-order valence-electron chi connectivity index (χ3n) is 9.36. The van der Waals surface area contributed by atoms with Gasteiger partial charge in [0.05, 0.1) is 35.5 Å². The second-order valence-electron chi connectivity index (χ2n) is 13.0. The van der Waals surface area contributed by atoms with Crippen molar-refractivity contribution in [3.63, 3.8) is 0 Å². The first-order chi connectivity index (χ1) is 26.4. The van der Waals surface area contributed by atoms with Gasteiger partial charge in [-0.1, -0.05) is 48.5 Å². The lowest BCUT2D eigenvalue weighted by Gasteiger charge is -2.16. The van der Waals surface area contributed by atoms with Crippen LogP contribution in [0.1, 0.15) is 33.4 Å². The van der Waals surface area contributed by atoms with Crippen molar-refractivity contribution in [1.82, 2.24) is 0 Å². The van der Waals surface area contributed by atoms with Crippen LogP contribution in [0.2, 0.25) is 0 Å². The van der Waals surface area contributed by atoms with E-state index in [0.29, 0.717) is 34.5 Å². The van der Waals surface area contributed by atoms with Gasteiger partial charge in [0.1, 0.15) is 28.7 Å². The fourth-order valence-corrected chi connectivity index (χ4v) is 6.41. The molecule has 0 aliphatic heterocycles. The van der Waals surface area contributed by atoms with E-state index in [0.717, 1.165) is 72.5 Å². The molecule has 6 aromatic rings. The fraction of sp³-hybridized carbons (Fsp3) is 0.234. The molecule has 0 unspecified atom stereocenters. The predicted octanol–water partition coefficient (Wildman–Crippen LogP) is 10.7. The molecule has 0 aromatic heterocycles. The van der Waals surface area contributed by atoms with Gasteiger partial charge in [-0.25, -0.2) is 0 Å². The predicted molar refractivity (Wildman–Crippen MR) is 214 cm³/mol. The van der Waals surface area contributed by atoms with Gasteiger partial charge in [0.25, 0.3) is 0 Å². The van der Waals surface area contributed by atoms with E-state index in [4.69, 9.17) is 33.2 Å². The number of aryl methyl sites for hydroxylation is 6. The molecule has 0 bridgehead atoms. The van der Waals surface area contributed by atoms with Crippen molar-refractivity contribution in [1.29, 1.82) is 0 Å². The van der Waals surface area contributed by atoms with Gasteiger partial charge < -0.3 is 33.2 Å². The standard InChI is InChI=1S/C47H48O7/c1-48-39-12-6-9-33(25-39)15-17-36-21-23-44(51-4)46(30-36)53-42-28-38(20-19-35-11-8-14-41(27-35)50-3)29-43(32-42)54-47-31-37(22-24-45(47)52-5)18-16-34-10-7-13-40(26-34)49-2/h6-14,21-32H,15-20H2,1-5H3. The van der Waals surface area contributed by atoms with Gasteiger partial charge in [0.15, 0.2) is 23.0 Å². The van der Waals surface area contributed by atoms with Crippen LogP contribution >= 0.6 is 0 Å².